The van der Waals surface area contributed by atoms with E-state index < -0.39 is 29.9 Å². The van der Waals surface area contributed by atoms with Gasteiger partial charge in [-0.2, -0.15) is 0 Å². The van der Waals surface area contributed by atoms with Crippen LogP contribution in [-0.2, 0) is 14.4 Å². The van der Waals surface area contributed by atoms with Crippen molar-refractivity contribution in [3.8, 4) is 11.1 Å². The normalized spacial score (nSPS) is 22.9. The molecule has 8 nitrogen and oxygen atoms in total. The smallest absolute Gasteiger partial charge is 0.410 e. The molecule has 1 saturated carbocycles. The molecule has 3 amide bonds. The first kappa shape index (κ1) is 21.8. The van der Waals surface area contributed by atoms with Crippen molar-refractivity contribution in [3.63, 3.8) is 0 Å². The highest BCUT2D eigenvalue weighted by Crippen LogP contribution is 2.50. The van der Waals surface area contributed by atoms with Gasteiger partial charge in [0.1, 0.15) is 12.6 Å². The maximum absolute atomic E-state index is 13.2. The number of likely N-dealkylation sites (tertiary alicyclic amines) is 1. The molecular weight excluding hydrogens is 472 g/mol. The summed E-state index contributed by atoms with van der Waals surface area (Å²) < 4.78 is 5.77. The number of hydroxylamine groups is 2. The van der Waals surface area contributed by atoms with E-state index in [0.717, 1.165) is 28.7 Å². The number of ether oxygens (including phenoxy) is 1. The average molecular weight is 495 g/mol. The molecule has 2 fully saturated rings. The predicted octanol–water partition coefficient (Wildman–Crippen LogP) is 4.01. The van der Waals surface area contributed by atoms with Crippen molar-refractivity contribution in [1.29, 1.82) is 0 Å². The molecule has 0 spiro atoms. The van der Waals surface area contributed by atoms with Crippen LogP contribution in [0.15, 0.2) is 72.8 Å². The zero-order valence-corrected chi connectivity index (χ0v) is 19.7. The van der Waals surface area contributed by atoms with E-state index in [4.69, 9.17) is 9.57 Å². The summed E-state index contributed by atoms with van der Waals surface area (Å²) in [5.74, 6) is -2.16. The van der Waals surface area contributed by atoms with Crippen molar-refractivity contribution >= 4 is 23.9 Å². The summed E-state index contributed by atoms with van der Waals surface area (Å²) in [5, 5.41) is 0.499. The molecule has 7 rings (SSSR count). The monoisotopic (exact) mass is 494 g/mol. The number of carbonyl (C=O) groups excluding carboxylic acids is 4. The Morgan fingerprint density at radius 2 is 1.32 bits per heavy atom. The first-order valence-electron chi connectivity index (χ1n) is 12.3. The molecule has 37 heavy (non-hydrogen) atoms. The second kappa shape index (κ2) is 8.03. The number of hydrogen-bond donors (Lipinski definition) is 0. The number of fused-ring (bicyclic) bond motifs is 5. The Balaban J connectivity index is 1.07. The Kier molecular flexibility index (Phi) is 4.73. The molecular formula is C29H22N2O6. The van der Waals surface area contributed by atoms with E-state index in [2.05, 4.69) is 12.1 Å². The van der Waals surface area contributed by atoms with Gasteiger partial charge in [-0.15, -0.1) is 0 Å². The lowest BCUT2D eigenvalue weighted by Crippen LogP contribution is -2.47. The molecule has 2 aliphatic heterocycles. The van der Waals surface area contributed by atoms with Crippen molar-refractivity contribution in [1.82, 2.24) is 9.96 Å². The Morgan fingerprint density at radius 3 is 1.92 bits per heavy atom. The molecule has 1 saturated heterocycles. The van der Waals surface area contributed by atoms with Crippen LogP contribution in [0.3, 0.4) is 0 Å². The average Bonchev–Trinajstić information content (AvgIpc) is 3.37. The van der Waals surface area contributed by atoms with Gasteiger partial charge < -0.3 is 9.57 Å². The van der Waals surface area contributed by atoms with E-state index in [1.165, 1.54) is 17.0 Å². The molecule has 3 aromatic rings. The van der Waals surface area contributed by atoms with Crippen LogP contribution in [0, 0.1) is 11.8 Å². The van der Waals surface area contributed by atoms with Crippen LogP contribution in [0.2, 0.25) is 0 Å². The minimum Gasteiger partial charge on any atom is -0.448 e. The van der Waals surface area contributed by atoms with E-state index in [0.29, 0.717) is 11.6 Å². The molecule has 184 valence electrons. The fourth-order valence-corrected chi connectivity index (χ4v) is 6.03. The van der Waals surface area contributed by atoms with E-state index in [9.17, 15) is 19.2 Å². The number of carbonyl (C=O) groups is 4. The summed E-state index contributed by atoms with van der Waals surface area (Å²) in [6.45, 7) is 0.516. The third-order valence-electron chi connectivity index (χ3n) is 7.90. The minimum atomic E-state index is -0.898. The zero-order valence-electron chi connectivity index (χ0n) is 19.7. The van der Waals surface area contributed by atoms with Crippen molar-refractivity contribution in [2.24, 2.45) is 11.8 Å². The lowest BCUT2D eigenvalue weighted by atomic mass is 9.98. The fraction of sp³-hybridized carbons (Fsp3) is 0.241. The largest absolute Gasteiger partial charge is 0.448 e. The predicted molar refractivity (Wildman–Crippen MR) is 130 cm³/mol. The molecule has 0 radical (unpaired) electrons. The van der Waals surface area contributed by atoms with Gasteiger partial charge in [0.15, 0.2) is 0 Å². The number of imide groups is 1. The highest BCUT2D eigenvalue weighted by molar-refractivity contribution is 6.21. The van der Waals surface area contributed by atoms with Crippen LogP contribution in [0.25, 0.3) is 11.1 Å². The summed E-state index contributed by atoms with van der Waals surface area (Å²) in [7, 11) is 0. The van der Waals surface area contributed by atoms with Gasteiger partial charge in [0.25, 0.3) is 11.8 Å². The second-order valence-electron chi connectivity index (χ2n) is 9.92. The van der Waals surface area contributed by atoms with Gasteiger partial charge >= 0.3 is 12.1 Å². The van der Waals surface area contributed by atoms with Crippen molar-refractivity contribution < 1.29 is 28.8 Å². The van der Waals surface area contributed by atoms with Gasteiger partial charge in [-0.05, 0) is 52.6 Å². The topological polar surface area (TPSA) is 93.2 Å². The van der Waals surface area contributed by atoms with Crippen LogP contribution in [0.1, 0.15) is 44.2 Å². The number of piperidine rings is 1. The Hall–Kier alpha value is -4.46. The third-order valence-corrected chi connectivity index (χ3v) is 7.90. The molecule has 4 aliphatic rings. The fourth-order valence-electron chi connectivity index (χ4n) is 6.03. The van der Waals surface area contributed by atoms with Gasteiger partial charge in [-0.3, -0.25) is 14.5 Å². The maximum Gasteiger partial charge on any atom is 0.410 e. The van der Waals surface area contributed by atoms with Gasteiger partial charge in [0, 0.05) is 12.5 Å². The number of rotatable bonds is 4. The Morgan fingerprint density at radius 1 is 0.784 bits per heavy atom. The van der Waals surface area contributed by atoms with Crippen LogP contribution in [0.4, 0.5) is 4.79 Å². The van der Waals surface area contributed by atoms with Crippen LogP contribution in [-0.4, -0.2) is 53.0 Å². The van der Waals surface area contributed by atoms with Crippen LogP contribution < -0.4 is 0 Å². The maximum atomic E-state index is 13.2. The first-order valence-corrected chi connectivity index (χ1v) is 12.3. The molecule has 2 aliphatic carbocycles. The second-order valence-corrected chi connectivity index (χ2v) is 9.92. The van der Waals surface area contributed by atoms with Crippen molar-refractivity contribution in [2.45, 2.75) is 18.4 Å². The lowest BCUT2D eigenvalue weighted by Gasteiger charge is -2.27. The van der Waals surface area contributed by atoms with Gasteiger partial charge in [0.05, 0.1) is 11.1 Å². The lowest BCUT2D eigenvalue weighted by molar-refractivity contribution is -0.174. The summed E-state index contributed by atoms with van der Waals surface area (Å²) in [6, 6.07) is 21.5. The first-order chi connectivity index (χ1) is 18.0. The zero-order chi connectivity index (χ0) is 25.3. The number of benzene rings is 3. The quantitative estimate of drug-likeness (QED) is 0.509. The summed E-state index contributed by atoms with van der Waals surface area (Å²) in [6.07, 6.45) is 0.188. The molecule has 8 heteroatoms. The van der Waals surface area contributed by atoms with E-state index >= 15 is 0 Å². The molecule has 0 N–H and O–H groups in total. The van der Waals surface area contributed by atoms with Gasteiger partial charge in [0.2, 0.25) is 0 Å². The van der Waals surface area contributed by atoms with Crippen LogP contribution in [0.5, 0.6) is 0 Å². The van der Waals surface area contributed by atoms with Gasteiger partial charge in [-0.25, -0.2) is 9.59 Å². The van der Waals surface area contributed by atoms with Crippen molar-refractivity contribution in [2.75, 3.05) is 13.2 Å². The molecule has 0 aromatic heterocycles. The van der Waals surface area contributed by atoms with Gasteiger partial charge in [-0.1, -0.05) is 65.7 Å². The molecule has 3 aromatic carbocycles. The SMILES string of the molecule is O=C(ON1C(=O)c2ccccc2C1=O)[C@@H]1[C@H]2C[C@H]2CN1C(=O)OCC1c2ccccc2-c2ccccc21. The van der Waals surface area contributed by atoms with E-state index in [1.807, 2.05) is 36.4 Å². The number of nitrogens with zero attached hydrogens (tertiary/aromatic N) is 2. The highest BCUT2D eigenvalue weighted by atomic mass is 16.7. The Bertz CT molecular complexity index is 1420. The van der Waals surface area contributed by atoms with Crippen LogP contribution >= 0.6 is 0 Å². The highest BCUT2D eigenvalue weighted by Gasteiger charge is 2.59. The molecule has 2 heterocycles. The number of hydrogen-bond acceptors (Lipinski definition) is 6. The summed E-state index contributed by atoms with van der Waals surface area (Å²) in [4.78, 5) is 58.3. The molecule has 0 bridgehead atoms. The van der Waals surface area contributed by atoms with E-state index in [1.54, 1.807) is 12.1 Å². The third kappa shape index (κ3) is 3.28. The number of amides is 3. The molecule has 3 atom stereocenters. The molecule has 0 unspecified atom stereocenters. The summed E-state index contributed by atoms with van der Waals surface area (Å²) >= 11 is 0. The van der Waals surface area contributed by atoms with E-state index in [-0.39, 0.29) is 35.5 Å². The minimum absolute atomic E-state index is 0.0665. The van der Waals surface area contributed by atoms with Crippen molar-refractivity contribution in [3.05, 3.63) is 95.1 Å². The summed E-state index contributed by atoms with van der Waals surface area (Å²) in [5.41, 5.74) is 4.83. The standard InChI is InChI=1S/C29H22N2O6/c32-26-21-11-5-6-12-22(21)27(33)31(26)37-28(34)25-23-13-16(23)14-30(25)29(35)36-15-24-19-9-3-1-7-17(19)18-8-2-4-10-20(18)24/h1-12,16,23-25H,13-15H2/t16-,23-,25-/m0/s1. The Labute approximate surface area is 212 Å².